The summed E-state index contributed by atoms with van der Waals surface area (Å²) in [4.78, 5) is 12.1. The van der Waals surface area contributed by atoms with Gasteiger partial charge in [-0.25, -0.2) is 14.6 Å². The van der Waals surface area contributed by atoms with E-state index in [2.05, 4.69) is 46.4 Å². The Kier molecular flexibility index (Phi) is 8.22. The van der Waals surface area contributed by atoms with Crippen molar-refractivity contribution in [1.82, 2.24) is 25.0 Å². The fraction of sp³-hybridized carbons (Fsp3) is 0.467. The van der Waals surface area contributed by atoms with Gasteiger partial charge in [0.15, 0.2) is 22.1 Å². The van der Waals surface area contributed by atoms with Gasteiger partial charge in [0, 0.05) is 42.3 Å². The lowest BCUT2D eigenvalue weighted by atomic mass is 10.1. The summed E-state index contributed by atoms with van der Waals surface area (Å²) in [6.45, 7) is 2.61. The number of nitrogens with zero attached hydrogens (tertiary/aromatic N) is 6. The number of thioether (sulfide) groups is 1. The van der Waals surface area contributed by atoms with Gasteiger partial charge < -0.3 is 29.7 Å². The van der Waals surface area contributed by atoms with Crippen molar-refractivity contribution in [1.29, 1.82) is 0 Å². The SMILES string of the molecule is CCCSc1nc(N(Cc2ccc(OC)cc2OC)C2CC2c2ccccc2)c2nnn([C@@H]3C[C@H](O)[C@@H](O)[C@H]3O)c2n1. The molecule has 12 heteroatoms. The second kappa shape index (κ2) is 12.0. The first-order chi connectivity index (χ1) is 20.4. The number of methoxy groups -OCH3 is 2. The van der Waals surface area contributed by atoms with Gasteiger partial charge in [-0.3, -0.25) is 0 Å². The Morgan fingerprint density at radius 3 is 2.50 bits per heavy atom. The van der Waals surface area contributed by atoms with E-state index in [0.29, 0.717) is 46.1 Å². The number of hydrogen-bond acceptors (Lipinski definition) is 11. The number of anilines is 1. The number of rotatable bonds is 11. The Morgan fingerprint density at radius 1 is 1.00 bits per heavy atom. The molecule has 2 aliphatic carbocycles. The summed E-state index contributed by atoms with van der Waals surface area (Å²) in [6.07, 6.45) is -1.48. The molecule has 0 bridgehead atoms. The van der Waals surface area contributed by atoms with Crippen molar-refractivity contribution < 1.29 is 24.8 Å². The van der Waals surface area contributed by atoms with Crippen LogP contribution in [0, 0.1) is 0 Å². The lowest BCUT2D eigenvalue weighted by molar-refractivity contribution is -0.0253. The monoisotopic (exact) mass is 592 g/mol. The zero-order valence-electron chi connectivity index (χ0n) is 23.9. The van der Waals surface area contributed by atoms with E-state index in [4.69, 9.17) is 19.4 Å². The van der Waals surface area contributed by atoms with Crippen LogP contribution in [-0.2, 0) is 6.54 Å². The van der Waals surface area contributed by atoms with Crippen molar-refractivity contribution >= 4 is 28.7 Å². The third-order valence-electron chi connectivity index (χ3n) is 8.15. The first-order valence-electron chi connectivity index (χ1n) is 14.3. The Labute approximate surface area is 248 Å². The van der Waals surface area contributed by atoms with Gasteiger partial charge in [-0.05, 0) is 30.5 Å². The van der Waals surface area contributed by atoms with Gasteiger partial charge in [0.1, 0.15) is 23.7 Å². The van der Waals surface area contributed by atoms with Crippen LogP contribution in [0.3, 0.4) is 0 Å². The standard InChI is InChI=1S/C30H36N6O5S/c1-4-12-42-30-31-28(25-29(32-30)36(34-33-25)22-15-23(37)27(39)26(22)38)35(21-14-20(21)17-8-6-5-7-9-17)16-18-10-11-19(40-2)13-24(18)41-3/h5-11,13,20-23,26-27,37-39H,4,12,14-16H2,1-3H3/t20?,21?,22-,23+,26+,27-/m1/s1. The first-order valence-corrected chi connectivity index (χ1v) is 15.2. The fourth-order valence-corrected chi connectivity index (χ4v) is 6.49. The van der Waals surface area contributed by atoms with Gasteiger partial charge >= 0.3 is 0 Å². The number of aromatic nitrogens is 5. The molecule has 0 saturated heterocycles. The van der Waals surface area contributed by atoms with Crippen molar-refractivity contribution in [2.75, 3.05) is 24.9 Å². The topological polar surface area (TPSA) is 139 Å². The van der Waals surface area contributed by atoms with Gasteiger partial charge in [-0.1, -0.05) is 54.2 Å². The van der Waals surface area contributed by atoms with E-state index >= 15 is 0 Å². The Bertz CT molecular complexity index is 1540. The highest BCUT2D eigenvalue weighted by molar-refractivity contribution is 7.99. The van der Waals surface area contributed by atoms with Crippen molar-refractivity contribution in [2.45, 2.75) is 74.2 Å². The first kappa shape index (κ1) is 28.7. The number of fused-ring (bicyclic) bond motifs is 1. The summed E-state index contributed by atoms with van der Waals surface area (Å²) in [7, 11) is 3.28. The van der Waals surface area contributed by atoms with Crippen LogP contribution in [-0.4, -0.2) is 84.6 Å². The number of ether oxygens (including phenoxy) is 2. The molecule has 0 aliphatic heterocycles. The van der Waals surface area contributed by atoms with Gasteiger partial charge in [-0.2, -0.15) is 0 Å². The Morgan fingerprint density at radius 2 is 1.81 bits per heavy atom. The number of hydrogen-bond donors (Lipinski definition) is 3. The molecule has 6 rings (SSSR count). The molecule has 222 valence electrons. The minimum Gasteiger partial charge on any atom is -0.497 e. The lowest BCUT2D eigenvalue weighted by Crippen LogP contribution is -2.31. The quantitative estimate of drug-likeness (QED) is 0.175. The molecule has 4 aromatic rings. The van der Waals surface area contributed by atoms with E-state index in [1.165, 1.54) is 10.2 Å². The van der Waals surface area contributed by atoms with Crippen LogP contribution in [0.1, 0.15) is 49.3 Å². The summed E-state index contributed by atoms with van der Waals surface area (Å²) in [5, 5.41) is 40.7. The minimum absolute atomic E-state index is 0.142. The smallest absolute Gasteiger partial charge is 0.191 e. The highest BCUT2D eigenvalue weighted by Crippen LogP contribution is 2.48. The fourth-order valence-electron chi connectivity index (χ4n) is 5.80. The van der Waals surface area contributed by atoms with Crippen molar-refractivity contribution in [3.63, 3.8) is 0 Å². The summed E-state index contributed by atoms with van der Waals surface area (Å²) in [6, 6.07) is 15.7. The predicted molar refractivity (Wildman–Crippen MR) is 159 cm³/mol. The van der Waals surface area contributed by atoms with Gasteiger partial charge in [0.2, 0.25) is 0 Å². The molecule has 0 spiro atoms. The van der Waals surface area contributed by atoms with E-state index in [9.17, 15) is 15.3 Å². The van der Waals surface area contributed by atoms with Crippen molar-refractivity contribution in [2.24, 2.45) is 0 Å². The summed E-state index contributed by atoms with van der Waals surface area (Å²) in [5.74, 6) is 3.21. The molecule has 2 unspecified atom stereocenters. The van der Waals surface area contributed by atoms with Crippen molar-refractivity contribution in [3.8, 4) is 11.5 Å². The van der Waals surface area contributed by atoms with E-state index in [-0.39, 0.29) is 12.5 Å². The number of benzene rings is 2. The van der Waals surface area contributed by atoms with Gasteiger partial charge in [0.25, 0.3) is 0 Å². The third-order valence-corrected chi connectivity index (χ3v) is 9.20. The molecule has 0 radical (unpaired) electrons. The molecular weight excluding hydrogens is 556 g/mol. The predicted octanol–water partition coefficient (Wildman–Crippen LogP) is 3.33. The Hall–Kier alpha value is -3.45. The normalized spacial score (nSPS) is 25.1. The Balaban J connectivity index is 1.47. The zero-order valence-corrected chi connectivity index (χ0v) is 24.7. The van der Waals surface area contributed by atoms with Gasteiger partial charge in [0.05, 0.1) is 26.4 Å². The molecule has 2 aromatic carbocycles. The molecular formula is C30H36N6O5S. The molecule has 11 nitrogen and oxygen atoms in total. The van der Waals surface area contributed by atoms with Crippen LogP contribution in [0.15, 0.2) is 53.7 Å². The summed E-state index contributed by atoms with van der Waals surface area (Å²) >= 11 is 1.55. The highest BCUT2D eigenvalue weighted by Gasteiger charge is 2.46. The molecule has 2 saturated carbocycles. The largest absolute Gasteiger partial charge is 0.497 e. The molecule has 3 N–H and O–H groups in total. The number of aliphatic hydroxyl groups is 3. The molecule has 2 aliphatic rings. The molecule has 2 fully saturated rings. The molecule has 0 amide bonds. The van der Waals surface area contributed by atoms with Crippen LogP contribution in [0.4, 0.5) is 5.82 Å². The zero-order chi connectivity index (χ0) is 29.4. The summed E-state index contributed by atoms with van der Waals surface area (Å²) < 4.78 is 12.7. The maximum absolute atomic E-state index is 10.7. The average molecular weight is 593 g/mol. The summed E-state index contributed by atoms with van der Waals surface area (Å²) in [5.41, 5.74) is 3.20. The molecule has 42 heavy (non-hydrogen) atoms. The number of aliphatic hydroxyl groups excluding tert-OH is 3. The van der Waals surface area contributed by atoms with E-state index < -0.39 is 24.4 Å². The minimum atomic E-state index is -1.26. The van der Waals surface area contributed by atoms with Crippen LogP contribution >= 0.6 is 11.8 Å². The lowest BCUT2D eigenvalue weighted by Gasteiger charge is -2.26. The van der Waals surface area contributed by atoms with Crippen LogP contribution in [0.5, 0.6) is 11.5 Å². The maximum atomic E-state index is 10.7. The van der Waals surface area contributed by atoms with Crippen molar-refractivity contribution in [3.05, 3.63) is 59.7 Å². The molecule has 2 aromatic heterocycles. The second-order valence-corrected chi connectivity index (χ2v) is 11.9. The molecule has 2 heterocycles. The van der Waals surface area contributed by atoms with E-state index in [1.54, 1.807) is 26.0 Å². The molecule has 6 atom stereocenters. The second-order valence-electron chi connectivity index (χ2n) is 10.9. The van der Waals surface area contributed by atoms with E-state index in [0.717, 1.165) is 24.2 Å². The van der Waals surface area contributed by atoms with E-state index in [1.807, 2.05) is 24.3 Å². The third kappa shape index (κ3) is 5.39. The van der Waals surface area contributed by atoms with Crippen LogP contribution < -0.4 is 14.4 Å². The van der Waals surface area contributed by atoms with Crippen LogP contribution in [0.25, 0.3) is 11.2 Å². The van der Waals surface area contributed by atoms with Gasteiger partial charge in [-0.15, -0.1) is 5.10 Å². The average Bonchev–Trinajstić information content (AvgIpc) is 3.64. The highest BCUT2D eigenvalue weighted by atomic mass is 32.2. The maximum Gasteiger partial charge on any atom is 0.191 e. The van der Waals surface area contributed by atoms with Crippen LogP contribution in [0.2, 0.25) is 0 Å².